The number of para-hydroxylation sites is 1. The number of rotatable bonds is 8. The number of carbonyl (C=O) groups is 2. The first-order chi connectivity index (χ1) is 14.0. The summed E-state index contributed by atoms with van der Waals surface area (Å²) >= 11 is 1.30. The summed E-state index contributed by atoms with van der Waals surface area (Å²) in [5.41, 5.74) is 2.26. The summed E-state index contributed by atoms with van der Waals surface area (Å²) in [5, 5.41) is 5.03. The number of amides is 2. The zero-order chi connectivity index (χ0) is 20.6. The quantitative estimate of drug-likeness (QED) is 0.615. The lowest BCUT2D eigenvalue weighted by molar-refractivity contribution is -0.129. The summed E-state index contributed by atoms with van der Waals surface area (Å²) in [6, 6.07) is 16.7. The lowest BCUT2D eigenvalue weighted by Crippen LogP contribution is -2.32. The van der Waals surface area contributed by atoms with Crippen molar-refractivity contribution in [2.24, 2.45) is 0 Å². The molecule has 0 bridgehead atoms. The minimum absolute atomic E-state index is 0.0513. The van der Waals surface area contributed by atoms with Crippen LogP contribution in [0.2, 0.25) is 0 Å². The van der Waals surface area contributed by atoms with Crippen LogP contribution in [0.15, 0.2) is 60.0 Å². The molecule has 0 unspecified atom stereocenters. The Morgan fingerprint density at radius 1 is 1.10 bits per heavy atom. The second kappa shape index (κ2) is 9.84. The van der Waals surface area contributed by atoms with Crippen LogP contribution in [-0.4, -0.2) is 41.9 Å². The van der Waals surface area contributed by atoms with E-state index >= 15 is 0 Å². The van der Waals surface area contributed by atoms with Gasteiger partial charge in [-0.1, -0.05) is 36.4 Å². The van der Waals surface area contributed by atoms with E-state index in [-0.39, 0.29) is 18.2 Å². The van der Waals surface area contributed by atoms with Crippen LogP contribution >= 0.6 is 11.3 Å². The average Bonchev–Trinajstić information content (AvgIpc) is 3.16. The Labute approximate surface area is 174 Å². The highest BCUT2D eigenvalue weighted by molar-refractivity contribution is 7.14. The lowest BCUT2D eigenvalue weighted by Gasteiger charge is -2.17. The molecule has 0 aliphatic rings. The molecule has 1 heterocycles. The topological polar surface area (TPSA) is 71.5 Å². The smallest absolute Gasteiger partial charge is 0.257 e. The number of hydrogen-bond donors (Lipinski definition) is 1. The highest BCUT2D eigenvalue weighted by Gasteiger charge is 2.14. The molecule has 1 N–H and O–H groups in total. The number of aromatic nitrogens is 1. The monoisotopic (exact) mass is 409 g/mol. The summed E-state index contributed by atoms with van der Waals surface area (Å²) in [5.74, 6) is 0.555. The number of likely N-dealkylation sites (N-methyl/N-ethyl adjacent to an activating group) is 1. The third-order valence-electron chi connectivity index (χ3n) is 4.34. The van der Waals surface area contributed by atoms with Gasteiger partial charge < -0.3 is 9.64 Å². The van der Waals surface area contributed by atoms with Crippen molar-refractivity contribution >= 4 is 28.3 Å². The van der Waals surface area contributed by atoms with E-state index in [0.29, 0.717) is 29.5 Å². The molecule has 0 fully saturated rings. The Morgan fingerprint density at radius 2 is 1.83 bits per heavy atom. The molecular weight excluding hydrogens is 386 g/mol. The molecule has 0 aliphatic heterocycles. The second-order valence-corrected chi connectivity index (χ2v) is 7.43. The highest BCUT2D eigenvalue weighted by Crippen LogP contribution is 2.18. The van der Waals surface area contributed by atoms with Gasteiger partial charge in [-0.15, -0.1) is 11.3 Å². The van der Waals surface area contributed by atoms with E-state index in [0.717, 1.165) is 11.3 Å². The van der Waals surface area contributed by atoms with E-state index in [9.17, 15) is 9.59 Å². The van der Waals surface area contributed by atoms with Crippen LogP contribution in [-0.2, 0) is 11.2 Å². The van der Waals surface area contributed by atoms with E-state index in [1.807, 2.05) is 37.3 Å². The Bertz CT molecular complexity index is 972. The van der Waals surface area contributed by atoms with Crippen molar-refractivity contribution in [3.8, 4) is 5.75 Å². The van der Waals surface area contributed by atoms with Crippen LogP contribution < -0.4 is 10.1 Å². The van der Waals surface area contributed by atoms with E-state index < -0.39 is 0 Å². The van der Waals surface area contributed by atoms with Crippen molar-refractivity contribution in [2.45, 2.75) is 13.3 Å². The second-order valence-electron chi connectivity index (χ2n) is 6.57. The summed E-state index contributed by atoms with van der Waals surface area (Å²) in [7, 11) is 1.74. The summed E-state index contributed by atoms with van der Waals surface area (Å²) < 4.78 is 5.74. The molecule has 6 nitrogen and oxygen atoms in total. The number of carbonyl (C=O) groups excluding carboxylic acids is 2. The van der Waals surface area contributed by atoms with Crippen LogP contribution in [0.5, 0.6) is 5.75 Å². The molecule has 1 aromatic heterocycles. The number of aryl methyl sites for hydroxylation is 1. The van der Waals surface area contributed by atoms with Crippen molar-refractivity contribution < 1.29 is 14.3 Å². The molecule has 0 radical (unpaired) electrons. The molecule has 7 heteroatoms. The number of ether oxygens (including phenoxy) is 1. The predicted molar refractivity (Wildman–Crippen MR) is 115 cm³/mol. The van der Waals surface area contributed by atoms with Gasteiger partial charge in [0.15, 0.2) is 5.13 Å². The fraction of sp³-hybridized carbons (Fsp3) is 0.227. The highest BCUT2D eigenvalue weighted by atomic mass is 32.1. The van der Waals surface area contributed by atoms with E-state index in [1.54, 1.807) is 41.6 Å². The molecule has 2 amide bonds. The normalized spacial score (nSPS) is 10.4. The zero-order valence-electron chi connectivity index (χ0n) is 16.4. The number of benzene rings is 2. The lowest BCUT2D eigenvalue weighted by atomic mass is 10.2. The Hall–Kier alpha value is -3.19. The largest absolute Gasteiger partial charge is 0.491 e. The fourth-order valence-electron chi connectivity index (χ4n) is 2.63. The number of nitrogens with one attached hydrogen (secondary N) is 1. The van der Waals surface area contributed by atoms with Crippen LogP contribution in [0.4, 0.5) is 5.13 Å². The first-order valence-corrected chi connectivity index (χ1v) is 10.1. The van der Waals surface area contributed by atoms with Crippen LogP contribution in [0.1, 0.15) is 21.6 Å². The number of nitrogens with zero attached hydrogens (tertiary/aromatic N) is 2. The first-order valence-electron chi connectivity index (χ1n) is 9.26. The van der Waals surface area contributed by atoms with Crippen LogP contribution in [0.3, 0.4) is 0 Å². The maximum Gasteiger partial charge on any atom is 0.257 e. The first kappa shape index (κ1) is 20.5. The number of hydrogen-bond acceptors (Lipinski definition) is 5. The van der Waals surface area contributed by atoms with Gasteiger partial charge in [0.05, 0.1) is 18.7 Å². The molecule has 150 valence electrons. The molecular formula is C22H23N3O3S. The van der Waals surface area contributed by atoms with Gasteiger partial charge in [0, 0.05) is 18.0 Å². The molecule has 29 heavy (non-hydrogen) atoms. The molecule has 0 aliphatic carbocycles. The molecule has 0 atom stereocenters. The number of anilines is 1. The van der Waals surface area contributed by atoms with Crippen molar-refractivity contribution in [3.05, 3.63) is 76.8 Å². The van der Waals surface area contributed by atoms with Gasteiger partial charge >= 0.3 is 0 Å². The van der Waals surface area contributed by atoms with Gasteiger partial charge in [-0.25, -0.2) is 4.98 Å². The molecule has 0 spiro atoms. The maximum atomic E-state index is 12.4. The zero-order valence-corrected chi connectivity index (χ0v) is 17.2. The standard InChI is InChI=1S/C22H23N3O3S/c1-16-8-6-7-11-19(16)28-13-12-25(2)20(26)14-18-15-29-22(23-18)24-21(27)17-9-4-3-5-10-17/h3-11,15H,12-14H2,1-2H3,(H,23,24,27). The average molecular weight is 410 g/mol. The summed E-state index contributed by atoms with van der Waals surface area (Å²) in [6.45, 7) is 2.89. The summed E-state index contributed by atoms with van der Waals surface area (Å²) in [4.78, 5) is 30.6. The van der Waals surface area contributed by atoms with Crippen molar-refractivity contribution in [1.29, 1.82) is 0 Å². The maximum absolute atomic E-state index is 12.4. The Kier molecular flexibility index (Phi) is 6.97. The molecule has 3 aromatic rings. The summed E-state index contributed by atoms with van der Waals surface area (Å²) in [6.07, 6.45) is 0.179. The minimum atomic E-state index is -0.219. The van der Waals surface area contributed by atoms with E-state index in [4.69, 9.17) is 4.74 Å². The van der Waals surface area contributed by atoms with E-state index in [1.165, 1.54) is 11.3 Å². The van der Waals surface area contributed by atoms with Gasteiger partial charge in [0.2, 0.25) is 5.91 Å². The third-order valence-corrected chi connectivity index (χ3v) is 5.15. The van der Waals surface area contributed by atoms with Crippen molar-refractivity contribution in [1.82, 2.24) is 9.88 Å². The van der Waals surface area contributed by atoms with Crippen LogP contribution in [0.25, 0.3) is 0 Å². The van der Waals surface area contributed by atoms with Gasteiger partial charge in [-0.05, 0) is 30.7 Å². The minimum Gasteiger partial charge on any atom is -0.491 e. The Morgan fingerprint density at radius 3 is 2.59 bits per heavy atom. The number of thiazole rings is 1. The fourth-order valence-corrected chi connectivity index (χ4v) is 3.34. The van der Waals surface area contributed by atoms with Gasteiger partial charge in [0.1, 0.15) is 12.4 Å². The molecule has 0 saturated heterocycles. The van der Waals surface area contributed by atoms with Crippen LogP contribution in [0, 0.1) is 6.92 Å². The predicted octanol–water partition coefficient (Wildman–Crippen LogP) is 3.78. The van der Waals surface area contributed by atoms with Crippen molar-refractivity contribution in [2.75, 3.05) is 25.5 Å². The van der Waals surface area contributed by atoms with Gasteiger partial charge in [-0.2, -0.15) is 0 Å². The Balaban J connectivity index is 1.46. The van der Waals surface area contributed by atoms with Gasteiger partial charge in [0.25, 0.3) is 5.91 Å². The van der Waals surface area contributed by atoms with Crippen molar-refractivity contribution in [3.63, 3.8) is 0 Å². The molecule has 2 aromatic carbocycles. The SMILES string of the molecule is Cc1ccccc1OCCN(C)C(=O)Cc1csc(NC(=O)c2ccccc2)n1. The van der Waals surface area contributed by atoms with Gasteiger partial charge in [-0.3, -0.25) is 14.9 Å². The third kappa shape index (κ3) is 5.89. The molecule has 0 saturated carbocycles. The van der Waals surface area contributed by atoms with E-state index in [2.05, 4.69) is 10.3 Å². The molecule has 3 rings (SSSR count).